The van der Waals surface area contributed by atoms with Gasteiger partial charge in [-0.15, -0.1) is 34.0 Å². The summed E-state index contributed by atoms with van der Waals surface area (Å²) in [6, 6.07) is 29.3. The van der Waals surface area contributed by atoms with Gasteiger partial charge in [-0.2, -0.15) is 0 Å². The minimum atomic E-state index is -0.978. The zero-order chi connectivity index (χ0) is 75.8. The van der Waals surface area contributed by atoms with Gasteiger partial charge in [0.1, 0.15) is 40.2 Å². The fourth-order valence-electron chi connectivity index (χ4n) is 10.6. The second-order valence-corrected chi connectivity index (χ2v) is 30.3. The number of likely N-dealkylation sites (tertiary alicyclic amines) is 3. The second kappa shape index (κ2) is 39.8. The third-order valence-electron chi connectivity index (χ3n) is 16.5. The Hall–Kier alpha value is -8.71. The highest BCUT2D eigenvalue weighted by atomic mass is 35.5. The first-order valence-corrected chi connectivity index (χ1v) is 36.3. The fraction of sp³-hybridized carbons (Fsp3) is 0.386. The first-order chi connectivity index (χ1) is 48.6. The van der Waals surface area contributed by atoms with Crippen molar-refractivity contribution in [3.8, 4) is 23.0 Å². The van der Waals surface area contributed by atoms with Crippen molar-refractivity contribution in [2.75, 3.05) is 39.3 Å². The Morgan fingerprint density at radius 3 is 1.15 bits per heavy atom. The topological polar surface area (TPSA) is 309 Å². The van der Waals surface area contributed by atoms with Crippen molar-refractivity contribution in [3.63, 3.8) is 0 Å². The van der Waals surface area contributed by atoms with Crippen molar-refractivity contribution in [1.29, 1.82) is 0 Å². The highest BCUT2D eigenvalue weighted by molar-refractivity contribution is 7.18. The summed E-state index contributed by atoms with van der Waals surface area (Å²) >= 11 is 26.3. The molecule has 3 atom stereocenters. The molecule has 7 aromatic rings. The van der Waals surface area contributed by atoms with Gasteiger partial charge in [0.25, 0.3) is 29.1 Å². The molecule has 33 heteroatoms. The summed E-state index contributed by atoms with van der Waals surface area (Å²) in [7, 11) is 0. The van der Waals surface area contributed by atoms with E-state index in [9.17, 15) is 62.6 Å². The molecule has 0 bridgehead atoms. The molecule has 4 N–H and O–H groups in total. The number of aromatic hydroxyl groups is 1. The second-order valence-electron chi connectivity index (χ2n) is 24.9. The highest BCUT2D eigenvalue weighted by Gasteiger charge is 2.33. The molecule has 3 aliphatic heterocycles. The normalized spacial score (nSPS) is 14.8. The Morgan fingerprint density at radius 2 is 0.835 bits per heavy atom. The van der Waals surface area contributed by atoms with Crippen LogP contribution in [0.5, 0.6) is 23.0 Å². The smallest absolute Gasteiger partial charge is 0.415 e. The van der Waals surface area contributed by atoms with E-state index < -0.39 is 38.9 Å². The number of rotatable bonds is 14. The number of nitro benzene ring substituents is 2. The number of hydrogen-bond acceptors (Lipinski definition) is 19. The van der Waals surface area contributed by atoms with Gasteiger partial charge in [0, 0.05) is 104 Å². The molecule has 554 valence electrons. The molecule has 3 aliphatic rings. The molecule has 6 heterocycles. The lowest BCUT2D eigenvalue weighted by Gasteiger charge is -2.35. The molecule has 0 saturated carbocycles. The van der Waals surface area contributed by atoms with Crippen LogP contribution in [0.15, 0.2) is 121 Å². The quantitative estimate of drug-likeness (QED) is 0.0447. The molecule has 3 fully saturated rings. The van der Waals surface area contributed by atoms with E-state index in [1.807, 2.05) is 41.5 Å². The molecule has 0 aliphatic carbocycles. The van der Waals surface area contributed by atoms with Crippen LogP contribution in [0.25, 0.3) is 0 Å². The Morgan fingerprint density at radius 1 is 0.505 bits per heavy atom. The number of phenolic OH excluding ortho intramolecular Hbond substituents is 1. The maximum Gasteiger partial charge on any atom is 0.415 e. The Labute approximate surface area is 625 Å². The number of carbonyl (C=O) groups excluding carboxylic acids is 7. The first-order valence-electron chi connectivity index (χ1n) is 32.3. The first kappa shape index (κ1) is 83.2. The number of thiophene rings is 3. The summed E-state index contributed by atoms with van der Waals surface area (Å²) in [4.78, 5) is 110. The number of ether oxygens (including phenoxy) is 4. The van der Waals surface area contributed by atoms with Crippen molar-refractivity contribution in [1.82, 2.24) is 30.7 Å². The van der Waals surface area contributed by atoms with Gasteiger partial charge in [0.15, 0.2) is 0 Å². The van der Waals surface area contributed by atoms with Crippen LogP contribution in [0.4, 0.5) is 39.3 Å². The summed E-state index contributed by atoms with van der Waals surface area (Å²) < 4.78 is 48.3. The van der Waals surface area contributed by atoms with Gasteiger partial charge < -0.3 is 54.7 Å². The van der Waals surface area contributed by atoms with Gasteiger partial charge >= 0.3 is 23.7 Å². The molecule has 3 aromatic heterocycles. The van der Waals surface area contributed by atoms with Gasteiger partial charge in [0.05, 0.1) is 37.5 Å². The Balaban J connectivity index is 0.000000212. The Kier molecular flexibility index (Phi) is 32.2. The third-order valence-corrected chi connectivity index (χ3v) is 20.3. The predicted molar refractivity (Wildman–Crippen MR) is 392 cm³/mol. The number of hydrogen-bond donors (Lipinski definition) is 4. The number of nitro groups is 2. The highest BCUT2D eigenvalue weighted by Crippen LogP contribution is 2.30. The van der Waals surface area contributed by atoms with Crippen LogP contribution < -0.4 is 30.2 Å². The van der Waals surface area contributed by atoms with E-state index in [4.69, 9.17) is 65.7 Å². The SMILES string of the molecule is C[C@@H](NC(=O)c1ccc(Cl)s1)C1CCN(C(=O)OC(C)(C)C)CC1.C[C@@H](NC(=O)c1ccc(Cl)s1)C1CCN(C(=O)Oc2ccc([N+](=O)[O-])cc2)CC1.Cc1c(F)cccc1OC(=O)N1CCC([C@@H](C)NC(=O)c2ccc(Cl)s2)CC1.Cc1c(O)cccc1F.O=C(Cl)Oc1ccc([N+](=O)[O-])cc1. The molecular formula is C70H78Cl4F2N8O16S3. The van der Waals surface area contributed by atoms with Crippen molar-refractivity contribution in [2.24, 2.45) is 17.8 Å². The molecule has 0 radical (unpaired) electrons. The molecule has 0 spiro atoms. The summed E-state index contributed by atoms with van der Waals surface area (Å²) in [5.41, 5.74) is -0.972. The van der Waals surface area contributed by atoms with Crippen molar-refractivity contribution in [3.05, 3.63) is 192 Å². The molecule has 4 aromatic carbocycles. The standard InChI is InChI=1S/C20H22ClFN2O3S.C19H20ClN3O5S.C17H25ClN2O3S.C7H4ClNO4.C7H7FO/c1-12-15(22)4-3-5-16(12)27-20(26)24-10-8-14(9-11-24)13(2)23-19(25)17-6-7-18(21)28-17;1-12(21-18(24)16-6-7-17(20)29-16)13-8-10-22(11-9-13)19(25)28-15-4-2-14(3-5-15)23(26)27;1-11(19-15(21)13-5-6-14(18)24-13)12-7-9-20(10-8-12)16(22)23-17(2,3)4;8-7(10)13-6-3-1-5(2-4-6)9(11)12;1-5-6(8)3-2-4-7(5)9/h3-7,13-14H,8-11H2,1-2H3,(H,23,25);2-7,12-13H,8-11H2,1H3,(H,21,24);5-6,11-12H,7-10H2,1-4H3,(H,19,21);1-4H;2-4,9H,1H3/t13-;12-;11-;;/m111../s1. The van der Waals surface area contributed by atoms with Crippen LogP contribution in [0, 0.1) is 63.5 Å². The van der Waals surface area contributed by atoms with Crippen molar-refractivity contribution in [2.45, 2.75) is 118 Å². The molecule has 6 amide bonds. The maximum atomic E-state index is 13.6. The number of benzene rings is 4. The number of nitrogens with one attached hydrogen (secondary N) is 3. The summed E-state index contributed by atoms with van der Waals surface area (Å²) in [5.74, 6) is 0.410. The average molecular weight is 1560 g/mol. The van der Waals surface area contributed by atoms with E-state index in [0.29, 0.717) is 84.0 Å². The number of nitrogens with zero attached hydrogens (tertiary/aromatic N) is 5. The van der Waals surface area contributed by atoms with Gasteiger partial charge in [-0.05, 0) is 197 Å². The molecule has 10 rings (SSSR count). The number of halogens is 6. The maximum absolute atomic E-state index is 13.6. The van der Waals surface area contributed by atoms with Gasteiger partial charge in [0.2, 0.25) is 0 Å². The van der Waals surface area contributed by atoms with E-state index in [1.54, 1.807) is 64.1 Å². The lowest BCUT2D eigenvalue weighted by atomic mass is 9.90. The van der Waals surface area contributed by atoms with Crippen LogP contribution in [0.1, 0.15) is 120 Å². The number of piperidine rings is 3. The largest absolute Gasteiger partial charge is 0.508 e. The van der Waals surface area contributed by atoms with E-state index in [2.05, 4.69) is 20.7 Å². The lowest BCUT2D eigenvalue weighted by Crippen LogP contribution is -2.46. The third kappa shape index (κ3) is 27.1. The molecule has 24 nitrogen and oxygen atoms in total. The number of amides is 6. The lowest BCUT2D eigenvalue weighted by molar-refractivity contribution is -0.385. The van der Waals surface area contributed by atoms with E-state index >= 15 is 0 Å². The number of phenols is 1. The zero-order valence-corrected chi connectivity index (χ0v) is 62.8. The van der Waals surface area contributed by atoms with E-state index in [0.717, 1.165) is 38.5 Å². The molecule has 3 saturated heterocycles. The van der Waals surface area contributed by atoms with Crippen molar-refractivity contribution >= 4 is 133 Å². The van der Waals surface area contributed by atoms with Crippen molar-refractivity contribution < 1.29 is 76.2 Å². The minimum Gasteiger partial charge on any atom is -0.508 e. The van der Waals surface area contributed by atoms with Crippen LogP contribution >= 0.6 is 80.4 Å². The molecule has 0 unspecified atom stereocenters. The van der Waals surface area contributed by atoms with Gasteiger partial charge in [-0.1, -0.05) is 46.9 Å². The van der Waals surface area contributed by atoms with Crippen LogP contribution in [0.3, 0.4) is 0 Å². The van der Waals surface area contributed by atoms with Gasteiger partial charge in [-0.3, -0.25) is 34.6 Å². The summed E-state index contributed by atoms with van der Waals surface area (Å²) in [6.45, 7) is 18.1. The van der Waals surface area contributed by atoms with Crippen LogP contribution in [-0.4, -0.2) is 134 Å². The monoisotopic (exact) mass is 1560 g/mol. The predicted octanol–water partition coefficient (Wildman–Crippen LogP) is 17.6. The van der Waals surface area contributed by atoms with Gasteiger partial charge in [-0.25, -0.2) is 28.0 Å². The fourth-order valence-corrected chi connectivity index (χ4v) is 13.5. The number of non-ortho nitro benzene ring substituents is 2. The van der Waals surface area contributed by atoms with Crippen LogP contribution in [0.2, 0.25) is 13.0 Å². The average Bonchev–Trinajstić information content (AvgIpc) is 1.04. The molecular weight excluding hydrogens is 1480 g/mol. The minimum absolute atomic E-state index is 0.00926. The van der Waals surface area contributed by atoms with E-state index in [1.165, 1.54) is 120 Å². The summed E-state index contributed by atoms with van der Waals surface area (Å²) in [6.07, 6.45) is 3.47. The summed E-state index contributed by atoms with van der Waals surface area (Å²) in [5, 5.41) is 38.8. The van der Waals surface area contributed by atoms with Crippen LogP contribution in [-0.2, 0) is 4.74 Å². The molecule has 103 heavy (non-hydrogen) atoms. The Bertz CT molecular complexity index is 4030. The zero-order valence-electron chi connectivity index (χ0n) is 57.3. The number of carbonyl (C=O) groups is 7. The van der Waals surface area contributed by atoms with E-state index in [-0.39, 0.29) is 94.0 Å².